The molecule has 1 aliphatic heterocycles. The van der Waals surface area contributed by atoms with Gasteiger partial charge in [0, 0.05) is 0 Å². The maximum absolute atomic E-state index is 6.08. The van der Waals surface area contributed by atoms with Crippen LogP contribution in [0.3, 0.4) is 0 Å². The minimum Gasteiger partial charge on any atom is -0.330 e. The Balaban J connectivity index is 1.88. The molecule has 0 aromatic rings. The van der Waals surface area contributed by atoms with Crippen LogP contribution in [0.2, 0.25) is 0 Å². The third kappa shape index (κ3) is 2.98. The van der Waals surface area contributed by atoms with Crippen molar-refractivity contribution in [1.29, 1.82) is 0 Å². The lowest BCUT2D eigenvalue weighted by Gasteiger charge is -2.42. The van der Waals surface area contributed by atoms with Gasteiger partial charge in [0.15, 0.2) is 0 Å². The zero-order valence-electron chi connectivity index (χ0n) is 10.9. The molecule has 2 nitrogen and oxygen atoms in total. The lowest BCUT2D eigenvalue weighted by Crippen LogP contribution is -2.43. The van der Waals surface area contributed by atoms with Crippen LogP contribution in [0.15, 0.2) is 0 Å². The molecule has 2 aliphatic rings. The Morgan fingerprint density at radius 2 is 1.75 bits per heavy atom. The standard InChI is InChI=1S/C14H28N2/c1-16-9-7-14(12-15,8-10-16)11-13-5-3-2-4-6-13/h13H,2-12,15H2,1H3. The first-order valence-corrected chi connectivity index (χ1v) is 7.13. The molecular weight excluding hydrogens is 196 g/mol. The summed E-state index contributed by atoms with van der Waals surface area (Å²) in [7, 11) is 2.24. The van der Waals surface area contributed by atoms with E-state index >= 15 is 0 Å². The van der Waals surface area contributed by atoms with Crippen molar-refractivity contribution >= 4 is 0 Å². The van der Waals surface area contributed by atoms with Crippen LogP contribution in [0.1, 0.15) is 51.4 Å². The molecule has 0 aromatic carbocycles. The molecule has 0 radical (unpaired) electrons. The van der Waals surface area contributed by atoms with E-state index in [0.717, 1.165) is 12.5 Å². The molecule has 2 N–H and O–H groups in total. The molecule has 1 heterocycles. The predicted molar refractivity (Wildman–Crippen MR) is 69.4 cm³/mol. The third-order valence-electron chi connectivity index (χ3n) is 4.93. The van der Waals surface area contributed by atoms with E-state index in [1.54, 1.807) is 0 Å². The average Bonchev–Trinajstić information content (AvgIpc) is 2.34. The van der Waals surface area contributed by atoms with Crippen molar-refractivity contribution in [2.45, 2.75) is 51.4 Å². The quantitative estimate of drug-likeness (QED) is 0.798. The Labute approximate surface area is 101 Å². The second kappa shape index (κ2) is 5.50. The highest BCUT2D eigenvalue weighted by Gasteiger charge is 2.34. The molecule has 0 unspecified atom stereocenters. The Morgan fingerprint density at radius 1 is 1.12 bits per heavy atom. The molecule has 0 spiro atoms. The largest absolute Gasteiger partial charge is 0.330 e. The SMILES string of the molecule is CN1CCC(CN)(CC2CCCCC2)CC1. The van der Waals surface area contributed by atoms with Gasteiger partial charge in [-0.15, -0.1) is 0 Å². The number of hydrogen-bond donors (Lipinski definition) is 1. The molecule has 1 saturated carbocycles. The lowest BCUT2D eigenvalue weighted by molar-refractivity contribution is 0.0912. The summed E-state index contributed by atoms with van der Waals surface area (Å²) in [5, 5.41) is 0. The number of likely N-dealkylation sites (tertiary alicyclic amines) is 1. The fraction of sp³-hybridized carbons (Fsp3) is 1.00. The van der Waals surface area contributed by atoms with Crippen LogP contribution in [0, 0.1) is 11.3 Å². The minimum atomic E-state index is 0.495. The zero-order chi connectivity index (χ0) is 11.4. The highest BCUT2D eigenvalue weighted by Crippen LogP contribution is 2.40. The number of hydrogen-bond acceptors (Lipinski definition) is 2. The monoisotopic (exact) mass is 224 g/mol. The molecule has 94 valence electrons. The van der Waals surface area contributed by atoms with Crippen molar-refractivity contribution in [3.05, 3.63) is 0 Å². The molecule has 0 amide bonds. The maximum atomic E-state index is 6.08. The van der Waals surface area contributed by atoms with Gasteiger partial charge < -0.3 is 10.6 Å². The Bertz CT molecular complexity index is 201. The molecule has 2 heteroatoms. The second-order valence-electron chi connectivity index (χ2n) is 6.22. The van der Waals surface area contributed by atoms with E-state index in [1.807, 2.05) is 0 Å². The maximum Gasteiger partial charge on any atom is -0.00160 e. The predicted octanol–water partition coefficient (Wildman–Crippen LogP) is 2.63. The van der Waals surface area contributed by atoms with Gasteiger partial charge in [-0.25, -0.2) is 0 Å². The zero-order valence-corrected chi connectivity index (χ0v) is 10.9. The molecule has 2 fully saturated rings. The summed E-state index contributed by atoms with van der Waals surface area (Å²) < 4.78 is 0. The first-order valence-electron chi connectivity index (χ1n) is 7.13. The topological polar surface area (TPSA) is 29.3 Å². The molecule has 0 aromatic heterocycles. The molecule has 0 bridgehead atoms. The lowest BCUT2D eigenvalue weighted by atomic mass is 9.69. The Hall–Kier alpha value is -0.0800. The van der Waals surface area contributed by atoms with Crippen molar-refractivity contribution in [1.82, 2.24) is 4.90 Å². The smallest absolute Gasteiger partial charge is 0.00160 e. The Kier molecular flexibility index (Phi) is 4.26. The fourth-order valence-electron chi connectivity index (χ4n) is 3.59. The van der Waals surface area contributed by atoms with Crippen molar-refractivity contribution in [2.75, 3.05) is 26.7 Å². The molecule has 16 heavy (non-hydrogen) atoms. The molecule has 2 rings (SSSR count). The molecule has 0 atom stereocenters. The van der Waals surface area contributed by atoms with Crippen LogP contribution in [0.25, 0.3) is 0 Å². The van der Waals surface area contributed by atoms with E-state index < -0.39 is 0 Å². The van der Waals surface area contributed by atoms with Crippen molar-refractivity contribution in [3.8, 4) is 0 Å². The van der Waals surface area contributed by atoms with Gasteiger partial charge in [-0.05, 0) is 57.3 Å². The highest BCUT2D eigenvalue weighted by atomic mass is 15.1. The van der Waals surface area contributed by atoms with E-state index in [9.17, 15) is 0 Å². The normalized spacial score (nSPS) is 28.1. The minimum absolute atomic E-state index is 0.495. The van der Waals surface area contributed by atoms with E-state index in [4.69, 9.17) is 5.73 Å². The summed E-state index contributed by atoms with van der Waals surface area (Å²) in [6, 6.07) is 0. The van der Waals surface area contributed by atoms with Crippen molar-refractivity contribution in [3.63, 3.8) is 0 Å². The summed E-state index contributed by atoms with van der Waals surface area (Å²) in [5.41, 5.74) is 6.58. The van der Waals surface area contributed by atoms with Crippen LogP contribution in [0.5, 0.6) is 0 Å². The van der Waals surface area contributed by atoms with Crippen LogP contribution in [0.4, 0.5) is 0 Å². The third-order valence-corrected chi connectivity index (χ3v) is 4.93. The van der Waals surface area contributed by atoms with Gasteiger partial charge in [-0.2, -0.15) is 0 Å². The number of nitrogens with two attached hydrogens (primary N) is 1. The van der Waals surface area contributed by atoms with Gasteiger partial charge in [0.1, 0.15) is 0 Å². The number of nitrogens with zero attached hydrogens (tertiary/aromatic N) is 1. The molecule has 1 aliphatic carbocycles. The Morgan fingerprint density at radius 3 is 2.31 bits per heavy atom. The summed E-state index contributed by atoms with van der Waals surface area (Å²) in [4.78, 5) is 2.45. The summed E-state index contributed by atoms with van der Waals surface area (Å²) in [5.74, 6) is 0.987. The second-order valence-corrected chi connectivity index (χ2v) is 6.22. The van der Waals surface area contributed by atoms with Crippen LogP contribution in [-0.2, 0) is 0 Å². The van der Waals surface area contributed by atoms with E-state index in [-0.39, 0.29) is 0 Å². The van der Waals surface area contributed by atoms with Crippen molar-refractivity contribution < 1.29 is 0 Å². The average molecular weight is 224 g/mol. The molecule has 1 saturated heterocycles. The fourth-order valence-corrected chi connectivity index (χ4v) is 3.59. The van der Waals surface area contributed by atoms with E-state index in [1.165, 1.54) is 64.5 Å². The number of piperidine rings is 1. The summed E-state index contributed by atoms with van der Waals surface area (Å²) in [6.45, 7) is 3.42. The van der Waals surface area contributed by atoms with Gasteiger partial charge >= 0.3 is 0 Å². The highest BCUT2D eigenvalue weighted by molar-refractivity contribution is 4.88. The van der Waals surface area contributed by atoms with Crippen LogP contribution in [-0.4, -0.2) is 31.6 Å². The van der Waals surface area contributed by atoms with Crippen LogP contribution >= 0.6 is 0 Å². The van der Waals surface area contributed by atoms with Gasteiger partial charge in [-0.1, -0.05) is 32.1 Å². The molecular formula is C14H28N2. The van der Waals surface area contributed by atoms with E-state index in [2.05, 4.69) is 11.9 Å². The van der Waals surface area contributed by atoms with Crippen LogP contribution < -0.4 is 5.73 Å². The van der Waals surface area contributed by atoms with E-state index in [0.29, 0.717) is 5.41 Å². The number of rotatable bonds is 3. The summed E-state index contributed by atoms with van der Waals surface area (Å²) >= 11 is 0. The van der Waals surface area contributed by atoms with Gasteiger partial charge in [0.05, 0.1) is 0 Å². The van der Waals surface area contributed by atoms with Gasteiger partial charge in [-0.3, -0.25) is 0 Å². The summed E-state index contributed by atoms with van der Waals surface area (Å²) in [6.07, 6.45) is 11.4. The van der Waals surface area contributed by atoms with Gasteiger partial charge in [0.2, 0.25) is 0 Å². The first-order chi connectivity index (χ1) is 7.74. The van der Waals surface area contributed by atoms with Gasteiger partial charge in [0.25, 0.3) is 0 Å². The first kappa shape index (κ1) is 12.4. The van der Waals surface area contributed by atoms with Crippen molar-refractivity contribution in [2.24, 2.45) is 17.1 Å².